The van der Waals surface area contributed by atoms with E-state index in [1.165, 1.54) is 12.8 Å². The van der Waals surface area contributed by atoms with E-state index in [2.05, 4.69) is 15.2 Å². The Hall–Kier alpha value is -3.17. The van der Waals surface area contributed by atoms with E-state index < -0.39 is 10.8 Å². The second-order valence-corrected chi connectivity index (χ2v) is 10.4. The summed E-state index contributed by atoms with van der Waals surface area (Å²) in [6.07, 6.45) is 5.95. The quantitative estimate of drug-likeness (QED) is 0.545. The van der Waals surface area contributed by atoms with Crippen LogP contribution >= 0.6 is 0 Å². The summed E-state index contributed by atoms with van der Waals surface area (Å²) in [6.45, 7) is 9.07. The van der Waals surface area contributed by atoms with E-state index in [4.69, 9.17) is 19.8 Å². The van der Waals surface area contributed by atoms with Crippen LogP contribution in [0.25, 0.3) is 0 Å². The van der Waals surface area contributed by atoms with Crippen LogP contribution in [0.3, 0.4) is 0 Å². The first-order valence-electron chi connectivity index (χ1n) is 12.0. The fourth-order valence-electron chi connectivity index (χ4n) is 4.91. The van der Waals surface area contributed by atoms with Gasteiger partial charge >= 0.3 is 0 Å². The Kier molecular flexibility index (Phi) is 10.0. The molecule has 194 valence electrons. The molecule has 0 bridgehead atoms. The Morgan fingerprint density at radius 2 is 1.83 bits per heavy atom. The van der Waals surface area contributed by atoms with Gasteiger partial charge in [0.2, 0.25) is 11.8 Å². The fourth-order valence-corrected chi connectivity index (χ4v) is 4.91. The van der Waals surface area contributed by atoms with Crippen molar-refractivity contribution in [3.63, 3.8) is 0 Å². The largest absolute Gasteiger partial charge is 0.483 e. The lowest BCUT2D eigenvalue weighted by Crippen LogP contribution is -2.49. The van der Waals surface area contributed by atoms with Crippen molar-refractivity contribution in [3.8, 4) is 0 Å². The Labute approximate surface area is 206 Å². The summed E-state index contributed by atoms with van der Waals surface area (Å²) in [5.74, 6) is 2.06. The number of nitrogens with zero attached hydrogens (tertiary/aromatic N) is 3. The maximum atomic E-state index is 13.5. The second-order valence-electron chi connectivity index (χ2n) is 10.4. The molecule has 0 aromatic carbocycles. The van der Waals surface area contributed by atoms with Crippen molar-refractivity contribution in [2.75, 3.05) is 37.6 Å². The number of carboxylic acid groups (broad SMARTS) is 2. The molecule has 1 saturated carbocycles. The monoisotopic (exact) mass is 490 g/mol. The Balaban J connectivity index is 0.000000655. The van der Waals surface area contributed by atoms with Crippen LogP contribution in [-0.2, 0) is 19.2 Å². The molecule has 2 atom stereocenters. The molecule has 10 nitrogen and oxygen atoms in total. The highest BCUT2D eigenvalue weighted by Crippen LogP contribution is 2.44. The van der Waals surface area contributed by atoms with Crippen molar-refractivity contribution < 1.29 is 29.4 Å². The molecular weight excluding hydrogens is 452 g/mol. The molecule has 3 fully saturated rings. The first-order valence-corrected chi connectivity index (χ1v) is 12.0. The third-order valence-corrected chi connectivity index (χ3v) is 6.79. The molecule has 0 unspecified atom stereocenters. The van der Waals surface area contributed by atoms with Crippen LogP contribution in [0.15, 0.2) is 24.4 Å². The van der Waals surface area contributed by atoms with Crippen LogP contribution in [0, 0.1) is 22.7 Å². The molecule has 2 saturated heterocycles. The van der Waals surface area contributed by atoms with Gasteiger partial charge in [-0.2, -0.15) is 0 Å². The van der Waals surface area contributed by atoms with Gasteiger partial charge in [0, 0.05) is 50.3 Å². The van der Waals surface area contributed by atoms with Gasteiger partial charge in [-0.15, -0.1) is 0 Å². The molecule has 0 radical (unpaired) electrons. The van der Waals surface area contributed by atoms with Crippen LogP contribution in [0.4, 0.5) is 5.82 Å². The number of carbonyl (C=O) groups is 4. The molecule has 1 aromatic rings. The van der Waals surface area contributed by atoms with Gasteiger partial charge in [-0.3, -0.25) is 19.2 Å². The zero-order valence-corrected chi connectivity index (χ0v) is 20.9. The van der Waals surface area contributed by atoms with Crippen molar-refractivity contribution in [2.24, 2.45) is 22.7 Å². The van der Waals surface area contributed by atoms with Gasteiger partial charge < -0.3 is 25.3 Å². The summed E-state index contributed by atoms with van der Waals surface area (Å²) in [6, 6.07) is 5.92. The maximum absolute atomic E-state index is 13.5. The van der Waals surface area contributed by atoms with Gasteiger partial charge in [-0.05, 0) is 43.7 Å². The Bertz CT molecular complexity index is 849. The number of anilines is 1. The highest BCUT2D eigenvalue weighted by Gasteiger charge is 2.54. The van der Waals surface area contributed by atoms with Gasteiger partial charge in [-0.25, -0.2) is 4.98 Å². The molecule has 0 spiro atoms. The Morgan fingerprint density at radius 1 is 1.17 bits per heavy atom. The standard InChI is InChI=1S/C23H34N4O2.2CH2O2/c1-22(2,3)21(29)26-12-6-10-23(20(28)25-13-17-8-9-17)16-27(15-18(23)14-26)19-7-4-5-11-24-19;2*2-1-3/h4-5,7,11,17-18H,6,8-10,12-16H2,1-3H3,(H,25,28);2*1H,(H,2,3)/t18-,23-;;/m0../s1. The number of fused-ring (bicyclic) bond motifs is 1. The maximum Gasteiger partial charge on any atom is 0.290 e. The summed E-state index contributed by atoms with van der Waals surface area (Å²) < 4.78 is 0. The third kappa shape index (κ3) is 7.40. The molecule has 4 rings (SSSR count). The topological polar surface area (TPSA) is 140 Å². The second kappa shape index (κ2) is 12.5. The number of nitrogens with one attached hydrogen (secondary N) is 1. The lowest BCUT2D eigenvalue weighted by atomic mass is 9.74. The molecule has 1 aliphatic carbocycles. The average Bonchev–Trinajstić information content (AvgIpc) is 3.61. The summed E-state index contributed by atoms with van der Waals surface area (Å²) in [5.41, 5.74) is -0.847. The fraction of sp³-hybridized carbons (Fsp3) is 0.640. The van der Waals surface area contributed by atoms with E-state index in [-0.39, 0.29) is 30.7 Å². The van der Waals surface area contributed by atoms with Gasteiger partial charge in [0.1, 0.15) is 5.82 Å². The van der Waals surface area contributed by atoms with Crippen LogP contribution in [0.5, 0.6) is 0 Å². The van der Waals surface area contributed by atoms with Crippen molar-refractivity contribution in [1.29, 1.82) is 0 Å². The molecule has 3 heterocycles. The zero-order valence-electron chi connectivity index (χ0n) is 20.9. The number of aromatic nitrogens is 1. The van der Waals surface area contributed by atoms with E-state index >= 15 is 0 Å². The summed E-state index contributed by atoms with van der Waals surface area (Å²) >= 11 is 0. The molecule has 3 aliphatic rings. The molecule has 1 aromatic heterocycles. The molecule has 2 amide bonds. The van der Waals surface area contributed by atoms with Crippen LogP contribution in [0.1, 0.15) is 46.5 Å². The predicted molar refractivity (Wildman–Crippen MR) is 131 cm³/mol. The Morgan fingerprint density at radius 3 is 2.37 bits per heavy atom. The van der Waals surface area contributed by atoms with Crippen molar-refractivity contribution in [3.05, 3.63) is 24.4 Å². The third-order valence-electron chi connectivity index (χ3n) is 6.79. The van der Waals surface area contributed by atoms with Crippen LogP contribution in [0.2, 0.25) is 0 Å². The smallest absolute Gasteiger partial charge is 0.290 e. The summed E-state index contributed by atoms with van der Waals surface area (Å²) in [4.78, 5) is 52.0. The highest BCUT2D eigenvalue weighted by molar-refractivity contribution is 5.85. The van der Waals surface area contributed by atoms with E-state index in [9.17, 15) is 9.59 Å². The van der Waals surface area contributed by atoms with E-state index in [1.54, 1.807) is 6.20 Å². The van der Waals surface area contributed by atoms with Crippen LogP contribution < -0.4 is 10.2 Å². The molecule has 35 heavy (non-hydrogen) atoms. The molecule has 2 aliphatic heterocycles. The van der Waals surface area contributed by atoms with Gasteiger partial charge in [0.25, 0.3) is 12.9 Å². The first kappa shape index (κ1) is 28.1. The molecule has 3 N–H and O–H groups in total. The minimum Gasteiger partial charge on any atom is -0.483 e. The zero-order chi connectivity index (χ0) is 26.1. The van der Waals surface area contributed by atoms with Gasteiger partial charge in [0.15, 0.2) is 0 Å². The predicted octanol–water partition coefficient (Wildman–Crippen LogP) is 2.10. The number of hydrogen-bond donors (Lipinski definition) is 3. The average molecular weight is 491 g/mol. The molecular formula is C25H38N4O6. The van der Waals surface area contributed by atoms with Gasteiger partial charge in [0.05, 0.1) is 5.41 Å². The normalized spacial score (nSPS) is 23.3. The van der Waals surface area contributed by atoms with Crippen molar-refractivity contribution in [2.45, 2.75) is 46.5 Å². The number of pyridine rings is 1. The summed E-state index contributed by atoms with van der Waals surface area (Å²) in [5, 5.41) is 17.0. The molecule has 10 heteroatoms. The van der Waals surface area contributed by atoms with E-state index in [0.717, 1.165) is 38.3 Å². The minimum atomic E-state index is -0.445. The van der Waals surface area contributed by atoms with E-state index in [0.29, 0.717) is 19.0 Å². The van der Waals surface area contributed by atoms with Crippen LogP contribution in [-0.4, -0.2) is 77.6 Å². The number of amides is 2. The number of likely N-dealkylation sites (tertiary alicyclic amines) is 1. The summed E-state index contributed by atoms with van der Waals surface area (Å²) in [7, 11) is 0. The number of hydrogen-bond acceptors (Lipinski definition) is 6. The number of rotatable bonds is 4. The SMILES string of the molecule is CC(C)(C)C(=O)N1CCC[C@]2(C(=O)NCC3CC3)CN(c3ccccn3)C[C@@H]2C1.O=CO.O=CO. The van der Waals surface area contributed by atoms with Crippen molar-refractivity contribution in [1.82, 2.24) is 15.2 Å². The highest BCUT2D eigenvalue weighted by atomic mass is 16.3. The van der Waals surface area contributed by atoms with Gasteiger partial charge in [-0.1, -0.05) is 26.8 Å². The number of carbonyl (C=O) groups excluding carboxylic acids is 2. The lowest BCUT2D eigenvalue weighted by molar-refractivity contribution is -0.141. The van der Waals surface area contributed by atoms with Crippen molar-refractivity contribution >= 4 is 30.6 Å². The van der Waals surface area contributed by atoms with E-state index in [1.807, 2.05) is 43.9 Å². The first-order chi connectivity index (χ1) is 16.6. The lowest BCUT2D eigenvalue weighted by Gasteiger charge is -2.34. The minimum absolute atomic E-state index is 0.123.